The van der Waals surface area contributed by atoms with Crippen molar-refractivity contribution in [1.82, 2.24) is 24.2 Å². The molecular weight excluding hydrogens is 338 g/mol. The largest absolute Gasteiger partial charge is 0.346 e. The summed E-state index contributed by atoms with van der Waals surface area (Å²) in [5.41, 5.74) is 2.81. The van der Waals surface area contributed by atoms with Crippen LogP contribution >= 0.6 is 0 Å². The normalized spacial score (nSPS) is 27.5. The summed E-state index contributed by atoms with van der Waals surface area (Å²) in [6.07, 6.45) is 8.80. The van der Waals surface area contributed by atoms with Gasteiger partial charge in [-0.15, -0.1) is 0 Å². The highest BCUT2D eigenvalue weighted by Gasteiger charge is 2.40. The Balaban J connectivity index is 1.49. The number of rotatable bonds is 4. The molecule has 7 nitrogen and oxygen atoms in total. The summed E-state index contributed by atoms with van der Waals surface area (Å²) in [6.45, 7) is 2.19. The van der Waals surface area contributed by atoms with E-state index in [9.17, 15) is 8.42 Å². The molecule has 8 heteroatoms. The van der Waals surface area contributed by atoms with Gasteiger partial charge in [0.1, 0.15) is 11.2 Å². The van der Waals surface area contributed by atoms with Crippen LogP contribution in [-0.4, -0.2) is 39.2 Å². The molecule has 2 fully saturated rings. The van der Waals surface area contributed by atoms with Gasteiger partial charge in [-0.2, -0.15) is 0 Å². The van der Waals surface area contributed by atoms with Gasteiger partial charge in [0.25, 0.3) is 0 Å². The van der Waals surface area contributed by atoms with Crippen molar-refractivity contribution >= 4 is 32.1 Å². The molecule has 5 rings (SSSR count). The monoisotopic (exact) mass is 359 g/mol. The number of pyridine rings is 1. The van der Waals surface area contributed by atoms with Crippen molar-refractivity contribution in [1.29, 1.82) is 0 Å². The van der Waals surface area contributed by atoms with Crippen molar-refractivity contribution < 1.29 is 8.42 Å². The Kier molecular flexibility index (Phi) is 3.24. The Morgan fingerprint density at radius 3 is 2.92 bits per heavy atom. The van der Waals surface area contributed by atoms with E-state index < -0.39 is 10.0 Å². The molecule has 0 bridgehead atoms. The molecule has 3 aromatic heterocycles. The fourth-order valence-electron chi connectivity index (χ4n) is 4.20. The highest BCUT2D eigenvalue weighted by atomic mass is 32.2. The predicted octanol–water partition coefficient (Wildman–Crippen LogP) is 2.33. The summed E-state index contributed by atoms with van der Waals surface area (Å²) in [5.74, 6) is 0.381. The van der Waals surface area contributed by atoms with Gasteiger partial charge in [-0.05, 0) is 37.7 Å². The Morgan fingerprint density at radius 1 is 1.28 bits per heavy atom. The minimum atomic E-state index is -3.14. The molecule has 2 aliphatic carbocycles. The Hall–Kier alpha value is -1.93. The molecule has 2 saturated carbocycles. The Bertz CT molecular complexity index is 1050. The highest BCUT2D eigenvalue weighted by Crippen LogP contribution is 2.39. The van der Waals surface area contributed by atoms with E-state index in [0.717, 1.165) is 47.8 Å². The van der Waals surface area contributed by atoms with E-state index in [1.165, 1.54) is 0 Å². The topological polar surface area (TPSA) is 92.7 Å². The third kappa shape index (κ3) is 2.46. The number of aromatic nitrogens is 4. The number of aromatic amines is 1. The number of H-pyrrole nitrogens is 1. The lowest BCUT2D eigenvalue weighted by molar-refractivity contribution is 0.416. The quantitative estimate of drug-likeness (QED) is 0.748. The zero-order chi connectivity index (χ0) is 17.2. The molecule has 0 spiro atoms. The minimum Gasteiger partial charge on any atom is -0.346 e. The first-order chi connectivity index (χ1) is 12.0. The lowest BCUT2D eigenvalue weighted by atomic mass is 10.1. The first kappa shape index (κ1) is 15.3. The number of nitrogens with zero attached hydrogens (tertiary/aromatic N) is 3. The van der Waals surface area contributed by atoms with E-state index in [0.29, 0.717) is 5.92 Å². The maximum atomic E-state index is 12.3. The average molecular weight is 359 g/mol. The first-order valence-corrected chi connectivity index (χ1v) is 10.4. The van der Waals surface area contributed by atoms with Crippen LogP contribution in [0.25, 0.3) is 22.1 Å². The van der Waals surface area contributed by atoms with E-state index >= 15 is 0 Å². The predicted molar refractivity (Wildman–Crippen MR) is 95.7 cm³/mol. The second-order valence-electron chi connectivity index (χ2n) is 7.46. The zero-order valence-electron chi connectivity index (χ0n) is 14.0. The van der Waals surface area contributed by atoms with Crippen LogP contribution in [0.5, 0.6) is 0 Å². The van der Waals surface area contributed by atoms with Gasteiger partial charge < -0.3 is 9.55 Å². The molecule has 0 saturated heterocycles. The van der Waals surface area contributed by atoms with Crippen molar-refractivity contribution in [2.45, 2.75) is 49.9 Å². The number of hydrogen-bond acceptors (Lipinski definition) is 4. The number of nitrogens with one attached hydrogen (secondary N) is 2. The van der Waals surface area contributed by atoms with E-state index in [1.54, 1.807) is 6.20 Å². The van der Waals surface area contributed by atoms with Crippen LogP contribution in [0.2, 0.25) is 0 Å². The van der Waals surface area contributed by atoms with Gasteiger partial charge in [-0.1, -0.05) is 6.92 Å². The molecule has 2 aliphatic rings. The molecule has 132 valence electrons. The van der Waals surface area contributed by atoms with Gasteiger partial charge in [-0.3, -0.25) is 0 Å². The number of hydrogen-bond donors (Lipinski definition) is 2. The fraction of sp³-hybridized carbons (Fsp3) is 0.529. The molecule has 0 radical (unpaired) electrons. The fourth-order valence-corrected chi connectivity index (χ4v) is 5.81. The van der Waals surface area contributed by atoms with Crippen LogP contribution in [0.3, 0.4) is 0 Å². The molecule has 0 amide bonds. The second kappa shape index (κ2) is 5.28. The summed E-state index contributed by atoms with van der Waals surface area (Å²) in [6, 6.07) is 2.26. The van der Waals surface area contributed by atoms with E-state index in [4.69, 9.17) is 0 Å². The van der Waals surface area contributed by atoms with Crippen molar-refractivity contribution in [3.8, 4) is 0 Å². The molecule has 0 aromatic carbocycles. The van der Waals surface area contributed by atoms with E-state index in [1.807, 2.05) is 18.6 Å². The summed E-state index contributed by atoms with van der Waals surface area (Å²) >= 11 is 0. The lowest BCUT2D eigenvalue weighted by Gasteiger charge is -2.18. The molecule has 3 heterocycles. The molecule has 2 N–H and O–H groups in total. The Morgan fingerprint density at radius 2 is 2.12 bits per heavy atom. The van der Waals surface area contributed by atoms with Crippen LogP contribution in [0.1, 0.15) is 38.6 Å². The van der Waals surface area contributed by atoms with Gasteiger partial charge in [0.05, 0.1) is 23.3 Å². The van der Waals surface area contributed by atoms with Crippen molar-refractivity contribution in [3.63, 3.8) is 0 Å². The molecule has 3 atom stereocenters. The number of imidazole rings is 1. The second-order valence-corrected chi connectivity index (χ2v) is 9.45. The zero-order valence-corrected chi connectivity index (χ0v) is 14.8. The lowest BCUT2D eigenvalue weighted by Crippen LogP contribution is -2.35. The minimum absolute atomic E-state index is 0.00611. The van der Waals surface area contributed by atoms with Gasteiger partial charge in [0.15, 0.2) is 0 Å². The molecule has 3 aromatic rings. The molecule has 25 heavy (non-hydrogen) atoms. The van der Waals surface area contributed by atoms with Crippen molar-refractivity contribution in [2.75, 3.05) is 0 Å². The average Bonchev–Trinajstić information content (AvgIpc) is 3.03. The maximum Gasteiger partial charge on any atom is 0.214 e. The number of sulfonamides is 1. The van der Waals surface area contributed by atoms with E-state index in [-0.39, 0.29) is 17.3 Å². The maximum absolute atomic E-state index is 12.3. The summed E-state index contributed by atoms with van der Waals surface area (Å²) in [5, 5.41) is 0.894. The summed E-state index contributed by atoms with van der Waals surface area (Å²) in [4.78, 5) is 12.1. The van der Waals surface area contributed by atoms with Gasteiger partial charge >= 0.3 is 0 Å². The van der Waals surface area contributed by atoms with Crippen LogP contribution in [-0.2, 0) is 10.0 Å². The third-order valence-electron chi connectivity index (χ3n) is 5.61. The van der Waals surface area contributed by atoms with Gasteiger partial charge in [0.2, 0.25) is 10.0 Å². The summed E-state index contributed by atoms with van der Waals surface area (Å²) < 4.78 is 29.7. The first-order valence-electron chi connectivity index (χ1n) is 8.82. The van der Waals surface area contributed by atoms with Crippen LogP contribution in [0.15, 0.2) is 24.8 Å². The molecule has 0 aliphatic heterocycles. The molecular formula is C17H21N5O2S. The standard InChI is InChI=1S/C17H21N5O2S/c1-10-6-11(21-25(23,24)12-2-3-12)7-15(10)22-9-20-14-8-19-17-13(16(14)22)4-5-18-17/h4-5,8-12,15,21H,2-3,6-7H2,1H3,(H,18,19)/t10-,11+,15+/m1/s1. The van der Waals surface area contributed by atoms with Gasteiger partial charge in [-0.25, -0.2) is 23.1 Å². The summed E-state index contributed by atoms with van der Waals surface area (Å²) in [7, 11) is -3.14. The van der Waals surface area contributed by atoms with Crippen LogP contribution < -0.4 is 4.72 Å². The Labute approximate surface area is 145 Å². The number of fused-ring (bicyclic) bond motifs is 3. The van der Waals surface area contributed by atoms with Gasteiger partial charge in [0, 0.05) is 23.7 Å². The highest BCUT2D eigenvalue weighted by molar-refractivity contribution is 7.90. The third-order valence-corrected chi connectivity index (χ3v) is 7.62. The van der Waals surface area contributed by atoms with Crippen molar-refractivity contribution in [3.05, 3.63) is 24.8 Å². The van der Waals surface area contributed by atoms with Crippen molar-refractivity contribution in [2.24, 2.45) is 5.92 Å². The SMILES string of the molecule is C[C@@H]1C[C@H](NS(=O)(=O)C2CC2)C[C@@H]1n1cnc2cnc3[nH]ccc3c21. The smallest absolute Gasteiger partial charge is 0.214 e. The molecule has 0 unspecified atom stereocenters. The van der Waals surface area contributed by atoms with Crippen LogP contribution in [0.4, 0.5) is 0 Å². The van der Waals surface area contributed by atoms with Crippen LogP contribution in [0, 0.1) is 5.92 Å². The van der Waals surface area contributed by atoms with E-state index in [2.05, 4.69) is 31.2 Å².